The third-order valence-corrected chi connectivity index (χ3v) is 2.33. The minimum atomic E-state index is -0.326. The van der Waals surface area contributed by atoms with Crippen LogP contribution in [0.1, 0.15) is 19.3 Å². The van der Waals surface area contributed by atoms with Crippen LogP contribution in [0.5, 0.6) is 0 Å². The van der Waals surface area contributed by atoms with Crippen molar-refractivity contribution in [1.82, 2.24) is 0 Å². The predicted molar refractivity (Wildman–Crippen MR) is 51.1 cm³/mol. The standard InChI is InChI=1S/C7H14BN3O2/c8-7-3-1-2-5(10-11-9)6(4-12)13-7/h5-7,12H,1-4,8H2/t5-,6?,7?/m0/s1. The lowest BCUT2D eigenvalue weighted by Crippen LogP contribution is -2.32. The Morgan fingerprint density at radius 3 is 3.00 bits per heavy atom. The zero-order valence-corrected chi connectivity index (χ0v) is 7.76. The molecule has 0 amide bonds. The SMILES string of the molecule is BC1CCC[C@H](N=[N+]=[N-])C(CO)O1. The monoisotopic (exact) mass is 183 g/mol. The van der Waals surface area contributed by atoms with E-state index < -0.39 is 0 Å². The van der Waals surface area contributed by atoms with Gasteiger partial charge in [-0.25, -0.2) is 0 Å². The van der Waals surface area contributed by atoms with Crippen LogP contribution in [0.15, 0.2) is 5.11 Å². The fourth-order valence-electron chi connectivity index (χ4n) is 1.62. The van der Waals surface area contributed by atoms with Gasteiger partial charge in [-0.05, 0) is 18.4 Å². The number of aliphatic hydroxyl groups is 1. The fraction of sp³-hybridized carbons (Fsp3) is 1.00. The van der Waals surface area contributed by atoms with Gasteiger partial charge < -0.3 is 9.84 Å². The van der Waals surface area contributed by atoms with Gasteiger partial charge in [-0.3, -0.25) is 0 Å². The van der Waals surface area contributed by atoms with E-state index in [-0.39, 0.29) is 24.8 Å². The van der Waals surface area contributed by atoms with Gasteiger partial charge >= 0.3 is 0 Å². The molecule has 1 rings (SSSR count). The van der Waals surface area contributed by atoms with Gasteiger partial charge in [-0.1, -0.05) is 11.5 Å². The molecule has 0 aliphatic carbocycles. The third kappa shape index (κ3) is 2.92. The van der Waals surface area contributed by atoms with Crippen LogP contribution in [0.4, 0.5) is 0 Å². The van der Waals surface area contributed by atoms with Crippen LogP contribution < -0.4 is 0 Å². The Morgan fingerprint density at radius 1 is 1.62 bits per heavy atom. The predicted octanol–water partition coefficient (Wildman–Crippen LogP) is 0.186. The van der Waals surface area contributed by atoms with Gasteiger partial charge in [0.1, 0.15) is 7.85 Å². The molecule has 3 atom stereocenters. The van der Waals surface area contributed by atoms with Crippen molar-refractivity contribution in [1.29, 1.82) is 0 Å². The molecule has 0 aromatic rings. The molecule has 1 N–H and O–H groups in total. The molecular formula is C7H14BN3O2. The Labute approximate surface area is 78.1 Å². The maximum atomic E-state index is 9.02. The molecule has 0 radical (unpaired) electrons. The van der Waals surface area contributed by atoms with Crippen LogP contribution in [-0.2, 0) is 4.74 Å². The van der Waals surface area contributed by atoms with Gasteiger partial charge in [-0.2, -0.15) is 0 Å². The molecule has 0 saturated carbocycles. The van der Waals surface area contributed by atoms with Crippen molar-refractivity contribution in [3.63, 3.8) is 0 Å². The summed E-state index contributed by atoms with van der Waals surface area (Å²) in [5, 5.41) is 12.6. The highest BCUT2D eigenvalue weighted by molar-refractivity contribution is 6.11. The highest BCUT2D eigenvalue weighted by Crippen LogP contribution is 2.19. The maximum Gasteiger partial charge on any atom is 0.139 e. The van der Waals surface area contributed by atoms with Gasteiger partial charge in [0.05, 0.1) is 18.8 Å². The molecule has 0 bridgehead atoms. The number of ether oxygens (including phenoxy) is 1. The first-order valence-electron chi connectivity index (χ1n) is 4.58. The average Bonchev–Trinajstić information content (AvgIpc) is 2.29. The summed E-state index contributed by atoms with van der Waals surface area (Å²) in [5.41, 5.74) is 8.31. The first-order chi connectivity index (χ1) is 6.27. The van der Waals surface area contributed by atoms with E-state index in [9.17, 15) is 0 Å². The Kier molecular flexibility index (Phi) is 4.08. The van der Waals surface area contributed by atoms with Crippen LogP contribution in [-0.4, -0.2) is 37.7 Å². The van der Waals surface area contributed by atoms with E-state index in [0.717, 1.165) is 19.3 Å². The number of hydrogen-bond donors (Lipinski definition) is 1. The van der Waals surface area contributed by atoms with Gasteiger partial charge in [0.2, 0.25) is 0 Å². The van der Waals surface area contributed by atoms with Crippen LogP contribution in [0, 0.1) is 0 Å². The van der Waals surface area contributed by atoms with Crippen LogP contribution in [0.2, 0.25) is 0 Å². The number of hydrogen-bond acceptors (Lipinski definition) is 3. The highest BCUT2D eigenvalue weighted by atomic mass is 16.5. The smallest absolute Gasteiger partial charge is 0.139 e. The maximum absolute atomic E-state index is 9.02. The quantitative estimate of drug-likeness (QED) is 0.287. The lowest BCUT2D eigenvalue weighted by atomic mass is 9.95. The van der Waals surface area contributed by atoms with E-state index in [1.54, 1.807) is 0 Å². The average molecular weight is 183 g/mol. The zero-order chi connectivity index (χ0) is 9.68. The molecule has 1 aliphatic rings. The second-order valence-electron chi connectivity index (χ2n) is 3.37. The van der Waals surface area contributed by atoms with E-state index in [1.807, 2.05) is 7.85 Å². The third-order valence-electron chi connectivity index (χ3n) is 2.33. The molecule has 1 heterocycles. The second kappa shape index (κ2) is 5.12. The summed E-state index contributed by atoms with van der Waals surface area (Å²) in [6.07, 6.45) is 2.43. The lowest BCUT2D eigenvalue weighted by Gasteiger charge is -2.20. The minimum absolute atomic E-state index is 0.0754. The number of azide groups is 1. The molecule has 1 aliphatic heterocycles. The first-order valence-corrected chi connectivity index (χ1v) is 4.58. The zero-order valence-electron chi connectivity index (χ0n) is 7.76. The van der Waals surface area contributed by atoms with Gasteiger partial charge in [0.15, 0.2) is 0 Å². The van der Waals surface area contributed by atoms with E-state index in [4.69, 9.17) is 15.4 Å². The van der Waals surface area contributed by atoms with Crippen molar-refractivity contribution in [3.05, 3.63) is 10.4 Å². The minimum Gasteiger partial charge on any atom is -0.394 e. The Hall–Kier alpha value is -0.705. The lowest BCUT2D eigenvalue weighted by molar-refractivity contribution is -0.0101. The van der Waals surface area contributed by atoms with Crippen molar-refractivity contribution in [2.24, 2.45) is 5.11 Å². The summed E-state index contributed by atoms with van der Waals surface area (Å²) < 4.78 is 5.51. The molecule has 72 valence electrons. The van der Waals surface area contributed by atoms with Crippen molar-refractivity contribution < 1.29 is 9.84 Å². The van der Waals surface area contributed by atoms with Gasteiger partial charge in [0.25, 0.3) is 0 Å². The summed E-state index contributed by atoms with van der Waals surface area (Å²) in [7, 11) is 1.97. The van der Waals surface area contributed by atoms with E-state index >= 15 is 0 Å². The second-order valence-corrected chi connectivity index (χ2v) is 3.37. The van der Waals surface area contributed by atoms with Crippen LogP contribution >= 0.6 is 0 Å². The molecule has 13 heavy (non-hydrogen) atoms. The molecule has 1 fully saturated rings. The number of rotatable bonds is 2. The van der Waals surface area contributed by atoms with E-state index in [0.29, 0.717) is 0 Å². The first kappa shape index (κ1) is 10.4. The molecule has 0 aromatic carbocycles. The topological polar surface area (TPSA) is 78.2 Å². The largest absolute Gasteiger partial charge is 0.394 e. The van der Waals surface area contributed by atoms with Crippen molar-refractivity contribution in [2.75, 3.05) is 6.61 Å². The molecule has 1 saturated heterocycles. The Morgan fingerprint density at radius 2 is 2.38 bits per heavy atom. The number of nitrogens with zero attached hydrogens (tertiary/aromatic N) is 3. The van der Waals surface area contributed by atoms with Crippen molar-refractivity contribution in [2.45, 2.75) is 37.4 Å². The molecule has 5 nitrogen and oxygen atoms in total. The summed E-state index contributed by atoms with van der Waals surface area (Å²) in [6.45, 7) is -0.0754. The summed E-state index contributed by atoms with van der Waals surface area (Å²) in [6, 6.07) is -0.0593. The summed E-state index contributed by atoms with van der Waals surface area (Å²) >= 11 is 0. The van der Waals surface area contributed by atoms with Crippen molar-refractivity contribution >= 4 is 7.85 Å². The molecule has 0 aromatic heterocycles. The fourth-order valence-corrected chi connectivity index (χ4v) is 1.62. The molecule has 0 spiro atoms. The molecule has 2 unspecified atom stereocenters. The summed E-state index contributed by atoms with van der Waals surface area (Å²) in [4.78, 5) is 2.76. The van der Waals surface area contributed by atoms with E-state index in [2.05, 4.69) is 10.0 Å². The van der Waals surface area contributed by atoms with Crippen LogP contribution in [0.3, 0.4) is 0 Å². The molecular weight excluding hydrogens is 169 g/mol. The normalized spacial score (nSPS) is 34.7. The Balaban J connectivity index is 2.63. The Bertz CT molecular complexity index is 208. The summed E-state index contributed by atoms with van der Waals surface area (Å²) in [5.74, 6) is 0. The van der Waals surface area contributed by atoms with Gasteiger partial charge in [-0.15, -0.1) is 0 Å². The molecule has 6 heteroatoms. The number of aliphatic hydroxyl groups excluding tert-OH is 1. The highest BCUT2D eigenvalue weighted by Gasteiger charge is 2.25. The van der Waals surface area contributed by atoms with Crippen LogP contribution in [0.25, 0.3) is 10.4 Å². The van der Waals surface area contributed by atoms with Gasteiger partial charge in [0, 0.05) is 10.9 Å². The van der Waals surface area contributed by atoms with Crippen molar-refractivity contribution in [3.8, 4) is 0 Å². The van der Waals surface area contributed by atoms with E-state index in [1.165, 1.54) is 0 Å².